The fraction of sp³-hybridized carbons (Fsp3) is 0.0833. The second-order valence-electron chi connectivity index (χ2n) is 7.53. The summed E-state index contributed by atoms with van der Waals surface area (Å²) in [7, 11) is 0. The van der Waals surface area contributed by atoms with Gasteiger partial charge in [-0.25, -0.2) is 4.90 Å². The highest BCUT2D eigenvalue weighted by Gasteiger charge is 2.38. The third-order valence-electron chi connectivity index (χ3n) is 5.18. The smallest absolute Gasteiger partial charge is 0.266 e. The van der Waals surface area contributed by atoms with E-state index in [-0.39, 0.29) is 5.11 Å². The van der Waals surface area contributed by atoms with Crippen LogP contribution in [0.2, 0.25) is 0 Å². The van der Waals surface area contributed by atoms with Gasteiger partial charge in [-0.3, -0.25) is 14.4 Å². The summed E-state index contributed by atoms with van der Waals surface area (Å²) in [6.45, 7) is 0. The summed E-state index contributed by atoms with van der Waals surface area (Å²) in [5.74, 6) is -1.38. The van der Waals surface area contributed by atoms with Gasteiger partial charge in [0.2, 0.25) is 3.79 Å². The van der Waals surface area contributed by atoms with Crippen molar-refractivity contribution in [2.45, 2.75) is 9.96 Å². The predicted octanol–water partition coefficient (Wildman–Crippen LogP) is 5.50. The van der Waals surface area contributed by atoms with Crippen LogP contribution < -0.4 is 20.9 Å². The number of nitrogens with one attached hydrogen (secondary N) is 3. The monoisotopic (exact) mass is 672 g/mol. The first-order valence-corrected chi connectivity index (χ1v) is 13.0. The van der Waals surface area contributed by atoms with E-state index in [4.69, 9.17) is 47.0 Å². The zero-order valence-electron chi connectivity index (χ0n) is 18.1. The van der Waals surface area contributed by atoms with E-state index in [0.29, 0.717) is 31.6 Å². The number of hydrogen-bond donors (Lipinski definition) is 3. The number of benzene rings is 3. The van der Waals surface area contributed by atoms with E-state index >= 15 is 0 Å². The van der Waals surface area contributed by atoms with Crippen molar-refractivity contribution in [1.82, 2.24) is 10.6 Å². The number of para-hydroxylation sites is 2. The molecule has 1 heterocycles. The van der Waals surface area contributed by atoms with Gasteiger partial charge in [0.1, 0.15) is 6.17 Å². The molecule has 0 saturated heterocycles. The molecule has 0 bridgehead atoms. The highest BCUT2D eigenvalue weighted by Crippen LogP contribution is 2.34. The SMILES string of the molecule is O=C(NC(NC(=S)Nc1ccccc1N1C(=O)c2ccccc2C1=O)C(Cl)(Cl)Cl)c1ccccc1I. The predicted molar refractivity (Wildman–Crippen MR) is 154 cm³/mol. The van der Waals surface area contributed by atoms with Gasteiger partial charge in [-0.2, -0.15) is 0 Å². The van der Waals surface area contributed by atoms with Gasteiger partial charge in [-0.05, 0) is 71.2 Å². The molecule has 3 N–H and O–H groups in total. The first-order chi connectivity index (χ1) is 17.1. The summed E-state index contributed by atoms with van der Waals surface area (Å²) in [4.78, 5) is 39.8. The molecular formula is C24H16Cl3IN4O3S. The van der Waals surface area contributed by atoms with Crippen LogP contribution >= 0.6 is 69.6 Å². The van der Waals surface area contributed by atoms with Gasteiger partial charge in [0.25, 0.3) is 17.7 Å². The van der Waals surface area contributed by atoms with Gasteiger partial charge in [-0.15, -0.1) is 0 Å². The minimum atomic E-state index is -1.97. The molecular weight excluding hydrogens is 658 g/mol. The largest absolute Gasteiger partial charge is 0.339 e. The molecule has 3 amide bonds. The van der Waals surface area contributed by atoms with Crippen molar-refractivity contribution in [1.29, 1.82) is 0 Å². The van der Waals surface area contributed by atoms with E-state index in [1.54, 1.807) is 72.8 Å². The van der Waals surface area contributed by atoms with E-state index in [1.807, 2.05) is 22.6 Å². The second-order valence-corrected chi connectivity index (χ2v) is 11.5. The van der Waals surface area contributed by atoms with Gasteiger partial charge in [0.15, 0.2) is 5.11 Å². The zero-order valence-corrected chi connectivity index (χ0v) is 23.3. The molecule has 1 aliphatic heterocycles. The Labute approximate surface area is 240 Å². The van der Waals surface area contributed by atoms with Crippen LogP contribution in [0.25, 0.3) is 0 Å². The molecule has 0 saturated carbocycles. The van der Waals surface area contributed by atoms with Crippen molar-refractivity contribution in [2.75, 3.05) is 10.2 Å². The zero-order chi connectivity index (χ0) is 26.0. The molecule has 3 aromatic carbocycles. The Hall–Kier alpha value is -2.44. The van der Waals surface area contributed by atoms with Crippen molar-refractivity contribution in [2.24, 2.45) is 0 Å². The van der Waals surface area contributed by atoms with Crippen LogP contribution in [0.5, 0.6) is 0 Å². The minimum Gasteiger partial charge on any atom is -0.339 e. The summed E-state index contributed by atoms with van der Waals surface area (Å²) >= 11 is 25.8. The lowest BCUT2D eigenvalue weighted by Crippen LogP contribution is -2.56. The van der Waals surface area contributed by atoms with Crippen LogP contribution in [-0.4, -0.2) is 32.8 Å². The summed E-state index contributed by atoms with van der Waals surface area (Å²) < 4.78 is -1.25. The average Bonchev–Trinajstić information content (AvgIpc) is 3.09. The maximum absolute atomic E-state index is 13.0. The lowest BCUT2D eigenvalue weighted by molar-refractivity contribution is 0.0917. The molecule has 1 atom stereocenters. The normalized spacial score (nSPS) is 13.7. The number of anilines is 2. The molecule has 0 aromatic heterocycles. The maximum Gasteiger partial charge on any atom is 0.266 e. The molecule has 0 radical (unpaired) electrons. The second kappa shape index (κ2) is 10.9. The first kappa shape index (κ1) is 26.6. The number of rotatable bonds is 5. The molecule has 12 heteroatoms. The van der Waals surface area contributed by atoms with Crippen LogP contribution in [0.1, 0.15) is 31.1 Å². The third-order valence-corrected chi connectivity index (χ3v) is 7.00. The Morgan fingerprint density at radius 2 is 1.42 bits per heavy atom. The number of nitrogens with zero attached hydrogens (tertiary/aromatic N) is 1. The highest BCUT2D eigenvalue weighted by atomic mass is 127. The summed E-state index contributed by atoms with van der Waals surface area (Å²) in [6, 6.07) is 20.2. The van der Waals surface area contributed by atoms with Crippen LogP contribution in [0.4, 0.5) is 11.4 Å². The van der Waals surface area contributed by atoms with E-state index in [0.717, 1.165) is 4.90 Å². The number of thiocarbonyl (C=S) groups is 1. The summed E-state index contributed by atoms with van der Waals surface area (Å²) in [5, 5.41) is 8.33. The number of amides is 3. The number of carbonyl (C=O) groups excluding carboxylic acids is 3. The number of hydrogen-bond acceptors (Lipinski definition) is 4. The molecule has 4 rings (SSSR count). The Morgan fingerprint density at radius 1 is 0.861 bits per heavy atom. The number of halogens is 4. The Kier molecular flexibility index (Phi) is 8.06. The number of carbonyl (C=O) groups is 3. The van der Waals surface area contributed by atoms with E-state index in [9.17, 15) is 14.4 Å². The first-order valence-electron chi connectivity index (χ1n) is 10.3. The summed E-state index contributed by atoms with van der Waals surface area (Å²) in [5.41, 5.74) is 1.67. The summed E-state index contributed by atoms with van der Waals surface area (Å²) in [6.07, 6.45) is -1.21. The molecule has 0 aliphatic carbocycles. The molecule has 36 heavy (non-hydrogen) atoms. The maximum atomic E-state index is 13.0. The average molecular weight is 674 g/mol. The fourth-order valence-electron chi connectivity index (χ4n) is 3.53. The van der Waals surface area contributed by atoms with E-state index in [1.165, 1.54) is 0 Å². The van der Waals surface area contributed by atoms with Crippen molar-refractivity contribution >= 4 is 104 Å². The van der Waals surface area contributed by atoms with Crippen molar-refractivity contribution in [3.8, 4) is 0 Å². The molecule has 1 aliphatic rings. The molecule has 0 fully saturated rings. The third kappa shape index (κ3) is 5.60. The molecule has 184 valence electrons. The number of fused-ring (bicyclic) bond motifs is 1. The molecule has 7 nitrogen and oxygen atoms in total. The topological polar surface area (TPSA) is 90.5 Å². The standard InChI is InChI=1S/C24H16Cl3IN4O3S/c25-24(26,27)22(30-19(33)15-9-3-4-10-16(15)28)31-23(36)29-17-11-5-6-12-18(17)32-20(34)13-7-1-2-8-14(13)21(32)35/h1-12,22H,(H,30,33)(H2,29,31,36). The van der Waals surface area contributed by atoms with Crippen molar-refractivity contribution in [3.05, 3.63) is 93.1 Å². The van der Waals surface area contributed by atoms with Crippen LogP contribution in [-0.2, 0) is 0 Å². The van der Waals surface area contributed by atoms with E-state index < -0.39 is 27.7 Å². The van der Waals surface area contributed by atoms with Gasteiger partial charge >= 0.3 is 0 Å². The minimum absolute atomic E-state index is 0.0153. The Balaban J connectivity index is 1.53. The lowest BCUT2D eigenvalue weighted by Gasteiger charge is -2.28. The molecule has 3 aromatic rings. The number of alkyl halides is 3. The van der Waals surface area contributed by atoms with Gasteiger partial charge < -0.3 is 16.0 Å². The van der Waals surface area contributed by atoms with Crippen LogP contribution in [0, 0.1) is 3.57 Å². The van der Waals surface area contributed by atoms with Crippen LogP contribution in [0.15, 0.2) is 72.8 Å². The van der Waals surface area contributed by atoms with Crippen molar-refractivity contribution in [3.63, 3.8) is 0 Å². The Morgan fingerprint density at radius 3 is 2.03 bits per heavy atom. The Bertz CT molecular complexity index is 1350. The van der Waals surface area contributed by atoms with Crippen LogP contribution in [0.3, 0.4) is 0 Å². The van der Waals surface area contributed by atoms with Gasteiger partial charge in [0, 0.05) is 3.57 Å². The quantitative estimate of drug-likeness (QED) is 0.109. The fourth-order valence-corrected chi connectivity index (χ4v) is 4.71. The van der Waals surface area contributed by atoms with Gasteiger partial charge in [-0.1, -0.05) is 71.2 Å². The molecule has 1 unspecified atom stereocenters. The lowest BCUT2D eigenvalue weighted by atomic mass is 10.1. The van der Waals surface area contributed by atoms with E-state index in [2.05, 4.69) is 16.0 Å². The van der Waals surface area contributed by atoms with Gasteiger partial charge in [0.05, 0.1) is 28.1 Å². The van der Waals surface area contributed by atoms with Crippen molar-refractivity contribution < 1.29 is 14.4 Å². The highest BCUT2D eigenvalue weighted by molar-refractivity contribution is 14.1. The molecule has 0 spiro atoms. The number of imide groups is 1.